The van der Waals surface area contributed by atoms with Gasteiger partial charge in [-0.05, 0) is 83.5 Å². The van der Waals surface area contributed by atoms with Crippen LogP contribution in [0.1, 0.15) is 120 Å². The van der Waals surface area contributed by atoms with Crippen molar-refractivity contribution in [2.45, 2.75) is 192 Å². The lowest BCUT2D eigenvalue weighted by Crippen LogP contribution is -2.58. The van der Waals surface area contributed by atoms with Crippen LogP contribution >= 0.6 is 0 Å². The van der Waals surface area contributed by atoms with Gasteiger partial charge in [-0.2, -0.15) is 0 Å². The molecule has 11 heteroatoms. The quantitative estimate of drug-likeness (QED) is 0.269. The highest BCUT2D eigenvalue weighted by Crippen LogP contribution is 2.57. The fourth-order valence-electron chi connectivity index (χ4n) is 11.3. The molecule has 0 amide bonds. The first-order valence-electron chi connectivity index (χ1n) is 20.0. The van der Waals surface area contributed by atoms with Gasteiger partial charge in [0.2, 0.25) is 0 Å². The van der Waals surface area contributed by atoms with Crippen LogP contribution < -0.4 is 0 Å². The van der Waals surface area contributed by atoms with E-state index >= 15 is 0 Å². The lowest BCUT2D eigenvalue weighted by Gasteiger charge is -2.50. The second-order valence-corrected chi connectivity index (χ2v) is 18.4. The van der Waals surface area contributed by atoms with Crippen LogP contribution in [0.15, 0.2) is 0 Å². The van der Waals surface area contributed by atoms with Crippen molar-refractivity contribution in [1.82, 2.24) is 0 Å². The molecule has 6 heterocycles. The number of carboxylic acid groups (broad SMARTS) is 1. The zero-order valence-electron chi connectivity index (χ0n) is 32.8. The summed E-state index contributed by atoms with van der Waals surface area (Å²) < 4.78 is 47.0. The number of hydrogen-bond donors (Lipinski definition) is 3. The molecule has 6 saturated heterocycles. The largest absolute Gasteiger partial charge is 0.481 e. The van der Waals surface area contributed by atoms with E-state index in [2.05, 4.69) is 48.5 Å². The van der Waals surface area contributed by atoms with Gasteiger partial charge in [-0.1, -0.05) is 41.5 Å². The first-order valence-corrected chi connectivity index (χ1v) is 20.0. The molecule has 0 radical (unpaired) electrons. The van der Waals surface area contributed by atoms with E-state index in [0.29, 0.717) is 6.42 Å². The fraction of sp³-hybridized carbons (Fsp3) is 0.975. The van der Waals surface area contributed by atoms with Crippen LogP contribution in [-0.2, 0) is 38.0 Å². The Morgan fingerprint density at radius 1 is 0.863 bits per heavy atom. The number of methoxy groups -OCH3 is 1. The van der Waals surface area contributed by atoms with Gasteiger partial charge in [-0.3, -0.25) is 4.79 Å². The predicted molar refractivity (Wildman–Crippen MR) is 189 cm³/mol. The van der Waals surface area contributed by atoms with Crippen molar-refractivity contribution in [2.75, 3.05) is 13.7 Å². The zero-order chi connectivity index (χ0) is 37.3. The number of carbonyl (C=O) groups is 1. The van der Waals surface area contributed by atoms with Crippen LogP contribution in [-0.4, -0.2) is 107 Å². The molecular weight excluding hydrogens is 656 g/mol. The van der Waals surface area contributed by atoms with Gasteiger partial charge in [0.05, 0.1) is 72.6 Å². The number of carboxylic acids is 1. The Kier molecular flexibility index (Phi) is 11.4. The highest BCUT2D eigenvalue weighted by Gasteiger charge is 2.65. The van der Waals surface area contributed by atoms with Crippen LogP contribution in [0.3, 0.4) is 0 Å². The minimum Gasteiger partial charge on any atom is -0.481 e. The monoisotopic (exact) mass is 724 g/mol. The van der Waals surface area contributed by atoms with Crippen molar-refractivity contribution in [2.24, 2.45) is 41.4 Å². The smallest absolute Gasteiger partial charge is 0.308 e. The van der Waals surface area contributed by atoms with Crippen LogP contribution in [0.5, 0.6) is 0 Å². The fourth-order valence-corrected chi connectivity index (χ4v) is 11.3. The average molecular weight is 725 g/mol. The second kappa shape index (κ2) is 14.6. The molecule has 19 atom stereocenters. The molecule has 0 bridgehead atoms. The van der Waals surface area contributed by atoms with Gasteiger partial charge >= 0.3 is 5.97 Å². The van der Waals surface area contributed by atoms with Crippen LogP contribution in [0.2, 0.25) is 0 Å². The number of ether oxygens (including phenoxy) is 7. The first-order chi connectivity index (χ1) is 23.9. The molecule has 11 nitrogen and oxygen atoms in total. The number of rotatable bonds is 9. The summed E-state index contributed by atoms with van der Waals surface area (Å²) in [7, 11) is 1.77. The molecule has 294 valence electrons. The minimum atomic E-state index is -1.55. The van der Waals surface area contributed by atoms with Crippen molar-refractivity contribution in [3.63, 3.8) is 0 Å². The molecule has 51 heavy (non-hydrogen) atoms. The molecule has 6 aliphatic rings. The van der Waals surface area contributed by atoms with Crippen molar-refractivity contribution >= 4 is 5.97 Å². The van der Waals surface area contributed by atoms with Gasteiger partial charge in [0.1, 0.15) is 0 Å². The van der Waals surface area contributed by atoms with E-state index < -0.39 is 41.3 Å². The maximum Gasteiger partial charge on any atom is 0.308 e. The number of aliphatic carboxylic acids is 1. The topological polar surface area (TPSA) is 142 Å². The predicted octanol–water partition coefficient (Wildman–Crippen LogP) is 5.71. The highest BCUT2D eigenvalue weighted by molar-refractivity contribution is 5.70. The maximum atomic E-state index is 11.8. The molecule has 0 aromatic heterocycles. The Hall–Kier alpha value is -0.890. The number of hydrogen-bond acceptors (Lipinski definition) is 10. The number of aliphatic hydroxyl groups is 2. The number of aliphatic hydroxyl groups excluding tert-OH is 1. The van der Waals surface area contributed by atoms with E-state index in [4.69, 9.17) is 33.2 Å². The third kappa shape index (κ3) is 7.19. The van der Waals surface area contributed by atoms with E-state index in [1.807, 2.05) is 6.92 Å². The molecule has 0 saturated carbocycles. The molecule has 3 N–H and O–H groups in total. The Morgan fingerprint density at radius 2 is 1.59 bits per heavy atom. The average Bonchev–Trinajstić information content (AvgIpc) is 3.75. The summed E-state index contributed by atoms with van der Waals surface area (Å²) in [6.45, 7) is 18.4. The van der Waals surface area contributed by atoms with E-state index in [1.54, 1.807) is 14.0 Å². The molecule has 0 aromatic rings. The van der Waals surface area contributed by atoms with Gasteiger partial charge in [0, 0.05) is 37.7 Å². The molecule has 0 unspecified atom stereocenters. The van der Waals surface area contributed by atoms with Gasteiger partial charge in [0.25, 0.3) is 0 Å². The molecule has 6 rings (SSSR count). The van der Waals surface area contributed by atoms with E-state index in [9.17, 15) is 20.1 Å². The molecule has 6 aliphatic heterocycles. The molecule has 0 aromatic carbocycles. The maximum absolute atomic E-state index is 11.8. The standard InChI is InChI=1S/C40H68O11/c1-21-11-12-28(46-33(21)26(6)36(42)43)17-29-18-30(45-10)27(7)40(48-29)25(5)19-38(9,51-40)32-13-14-37(8,49-32)35-23(3)16-31(47-35)34-22(2)15-24(4)39(44,20-41)50-34/h21-35,41,44H,11-20H2,1-10H3,(H,42,43)/t21-,22-,23-,24+,25+,26+,27+,28+,29+,30+,31+,32+,33-,34-,35+,37-,38-,39-,40+/m0/s1. The second-order valence-electron chi connectivity index (χ2n) is 18.4. The van der Waals surface area contributed by atoms with Gasteiger partial charge in [-0.25, -0.2) is 0 Å². The van der Waals surface area contributed by atoms with Crippen molar-refractivity contribution in [3.05, 3.63) is 0 Å². The van der Waals surface area contributed by atoms with Crippen LogP contribution in [0, 0.1) is 41.4 Å². The lowest BCUT2D eigenvalue weighted by atomic mass is 9.78. The molecule has 6 fully saturated rings. The Morgan fingerprint density at radius 3 is 2.25 bits per heavy atom. The summed E-state index contributed by atoms with van der Waals surface area (Å²) in [6.07, 6.45) is 5.85. The summed E-state index contributed by atoms with van der Waals surface area (Å²) >= 11 is 0. The SMILES string of the molecule is CO[C@@H]1C[C@@H](C[C@H]2CC[C@H](C)[C@@H]([C@@H](C)C(=O)O)O2)O[C@]2(O[C@](C)([C@H]3CC[C@@](C)([C@@H]4O[C@@H]([C@H]5O[C@@](O)(CO)[C@H](C)C[C@@H]5C)C[C@@H]4C)O3)C[C@H]2C)[C@@H]1C. The van der Waals surface area contributed by atoms with E-state index in [1.165, 1.54) is 0 Å². The van der Waals surface area contributed by atoms with Gasteiger partial charge in [-0.15, -0.1) is 0 Å². The Bertz CT molecular complexity index is 1230. The summed E-state index contributed by atoms with van der Waals surface area (Å²) in [6, 6.07) is 0. The summed E-state index contributed by atoms with van der Waals surface area (Å²) in [5, 5.41) is 30.7. The Balaban J connectivity index is 1.13. The summed E-state index contributed by atoms with van der Waals surface area (Å²) in [5.74, 6) is -3.26. The molecule has 0 aliphatic carbocycles. The molecular formula is C40H68O11. The molecule has 1 spiro atoms. The van der Waals surface area contributed by atoms with Gasteiger partial charge < -0.3 is 48.5 Å². The third-order valence-electron chi connectivity index (χ3n) is 14.4. The highest BCUT2D eigenvalue weighted by atomic mass is 16.7. The minimum absolute atomic E-state index is 0.00727. The summed E-state index contributed by atoms with van der Waals surface area (Å²) in [4.78, 5) is 11.8. The third-order valence-corrected chi connectivity index (χ3v) is 14.4. The van der Waals surface area contributed by atoms with Gasteiger partial charge in [0.15, 0.2) is 11.6 Å². The van der Waals surface area contributed by atoms with Crippen molar-refractivity contribution < 1.29 is 53.3 Å². The lowest BCUT2D eigenvalue weighted by molar-refractivity contribution is -0.353. The van der Waals surface area contributed by atoms with Crippen molar-refractivity contribution in [3.8, 4) is 0 Å². The van der Waals surface area contributed by atoms with Crippen LogP contribution in [0.4, 0.5) is 0 Å². The first kappa shape index (κ1) is 39.8. The Labute approximate surface area is 305 Å². The zero-order valence-corrected chi connectivity index (χ0v) is 32.8. The van der Waals surface area contributed by atoms with Crippen molar-refractivity contribution in [1.29, 1.82) is 0 Å². The van der Waals surface area contributed by atoms with Crippen LogP contribution in [0.25, 0.3) is 0 Å². The normalized spacial score (nSPS) is 54.2. The summed E-state index contributed by atoms with van der Waals surface area (Å²) in [5.41, 5.74) is -1.10. The van der Waals surface area contributed by atoms with E-state index in [-0.39, 0.29) is 84.3 Å². The van der Waals surface area contributed by atoms with E-state index in [0.717, 1.165) is 51.4 Å².